The molecule has 2 unspecified atom stereocenters. The second-order valence-corrected chi connectivity index (χ2v) is 4.99. The fourth-order valence-corrected chi connectivity index (χ4v) is 2.93. The van der Waals surface area contributed by atoms with Gasteiger partial charge in [-0.2, -0.15) is 0 Å². The Morgan fingerprint density at radius 2 is 2.31 bits per heavy atom. The summed E-state index contributed by atoms with van der Waals surface area (Å²) in [6.45, 7) is 1.14. The van der Waals surface area contributed by atoms with E-state index in [1.54, 1.807) is 0 Å². The minimum atomic E-state index is 0.539. The van der Waals surface area contributed by atoms with Crippen molar-refractivity contribution in [2.45, 2.75) is 25.3 Å². The highest BCUT2D eigenvalue weighted by Crippen LogP contribution is 2.36. The predicted octanol–water partition coefficient (Wildman–Crippen LogP) is 2.89. The van der Waals surface area contributed by atoms with Crippen molar-refractivity contribution < 1.29 is 0 Å². The molecule has 0 amide bonds. The third kappa shape index (κ3) is 1.76. The maximum absolute atomic E-state index is 5.81. The SMILES string of the molecule is Clc1ccc(C2=CCC3CCCNC23)cn1. The number of fused-ring (bicyclic) bond motifs is 1. The van der Waals surface area contributed by atoms with Crippen molar-refractivity contribution in [1.82, 2.24) is 10.3 Å². The zero-order valence-corrected chi connectivity index (χ0v) is 9.87. The summed E-state index contributed by atoms with van der Waals surface area (Å²) < 4.78 is 0. The highest BCUT2D eigenvalue weighted by atomic mass is 35.5. The van der Waals surface area contributed by atoms with Crippen molar-refractivity contribution >= 4 is 17.2 Å². The summed E-state index contributed by atoms with van der Waals surface area (Å²) in [7, 11) is 0. The smallest absolute Gasteiger partial charge is 0.129 e. The number of nitrogens with zero attached hydrogens (tertiary/aromatic N) is 1. The quantitative estimate of drug-likeness (QED) is 0.756. The van der Waals surface area contributed by atoms with E-state index in [0.717, 1.165) is 12.5 Å². The van der Waals surface area contributed by atoms with Gasteiger partial charge in [0.1, 0.15) is 5.15 Å². The second kappa shape index (κ2) is 4.19. The molecule has 0 spiro atoms. The number of nitrogens with one attached hydrogen (secondary N) is 1. The number of pyridine rings is 1. The first-order valence-corrected chi connectivity index (χ1v) is 6.28. The Morgan fingerprint density at radius 3 is 3.12 bits per heavy atom. The van der Waals surface area contributed by atoms with E-state index in [-0.39, 0.29) is 0 Å². The van der Waals surface area contributed by atoms with E-state index >= 15 is 0 Å². The van der Waals surface area contributed by atoms with Gasteiger partial charge in [-0.15, -0.1) is 0 Å². The van der Waals surface area contributed by atoms with Crippen LogP contribution in [0.2, 0.25) is 5.15 Å². The molecular weight excluding hydrogens is 220 g/mol. The van der Waals surface area contributed by atoms with Gasteiger partial charge in [-0.05, 0) is 48.9 Å². The van der Waals surface area contributed by atoms with Gasteiger partial charge in [-0.3, -0.25) is 0 Å². The molecule has 1 N–H and O–H groups in total. The van der Waals surface area contributed by atoms with Crippen molar-refractivity contribution in [3.8, 4) is 0 Å². The Balaban J connectivity index is 1.87. The lowest BCUT2D eigenvalue weighted by molar-refractivity contribution is 0.346. The van der Waals surface area contributed by atoms with E-state index in [9.17, 15) is 0 Å². The summed E-state index contributed by atoms with van der Waals surface area (Å²) in [4.78, 5) is 4.16. The van der Waals surface area contributed by atoms with Crippen molar-refractivity contribution in [1.29, 1.82) is 0 Å². The molecule has 2 heterocycles. The molecule has 2 nitrogen and oxygen atoms in total. The molecular formula is C13H15ClN2. The lowest BCUT2D eigenvalue weighted by Gasteiger charge is -2.29. The summed E-state index contributed by atoms with van der Waals surface area (Å²) in [6.07, 6.45) is 8.10. The highest BCUT2D eigenvalue weighted by molar-refractivity contribution is 6.29. The summed E-state index contributed by atoms with van der Waals surface area (Å²) in [6, 6.07) is 4.48. The number of aromatic nitrogens is 1. The average molecular weight is 235 g/mol. The summed E-state index contributed by atoms with van der Waals surface area (Å²) in [5, 5.41) is 4.18. The van der Waals surface area contributed by atoms with Crippen molar-refractivity contribution in [2.24, 2.45) is 5.92 Å². The molecule has 1 saturated heterocycles. The standard InChI is InChI=1S/C13H15ClN2/c14-12-6-4-10(8-16-12)11-5-3-9-2-1-7-15-13(9)11/h4-6,8-9,13,15H,1-3,7H2. The van der Waals surface area contributed by atoms with Gasteiger partial charge in [0.05, 0.1) is 0 Å². The van der Waals surface area contributed by atoms with Crippen LogP contribution in [0.1, 0.15) is 24.8 Å². The van der Waals surface area contributed by atoms with Crippen LogP contribution in [0.4, 0.5) is 0 Å². The van der Waals surface area contributed by atoms with Crippen LogP contribution in [0.25, 0.3) is 5.57 Å². The molecule has 2 atom stereocenters. The van der Waals surface area contributed by atoms with Crippen molar-refractivity contribution in [3.63, 3.8) is 0 Å². The lowest BCUT2D eigenvalue weighted by Crippen LogP contribution is -2.39. The first kappa shape index (κ1) is 10.3. The zero-order chi connectivity index (χ0) is 11.0. The van der Waals surface area contributed by atoms with Crippen molar-refractivity contribution in [2.75, 3.05) is 6.54 Å². The number of hydrogen-bond acceptors (Lipinski definition) is 2. The first-order chi connectivity index (χ1) is 7.84. The van der Waals surface area contributed by atoms with E-state index < -0.39 is 0 Å². The molecule has 0 saturated carbocycles. The van der Waals surface area contributed by atoms with E-state index in [2.05, 4.69) is 22.4 Å². The van der Waals surface area contributed by atoms with Gasteiger partial charge >= 0.3 is 0 Å². The fourth-order valence-electron chi connectivity index (χ4n) is 2.82. The summed E-state index contributed by atoms with van der Waals surface area (Å²) >= 11 is 5.81. The molecule has 1 aromatic rings. The van der Waals surface area contributed by atoms with Gasteiger partial charge < -0.3 is 5.32 Å². The Hall–Kier alpha value is -0.860. The number of allylic oxidation sites excluding steroid dienone is 1. The molecule has 2 aliphatic rings. The van der Waals surface area contributed by atoms with Crippen LogP contribution in [-0.2, 0) is 0 Å². The minimum Gasteiger partial charge on any atom is -0.310 e. The van der Waals surface area contributed by atoms with Crippen molar-refractivity contribution in [3.05, 3.63) is 35.1 Å². The monoisotopic (exact) mass is 234 g/mol. The van der Waals surface area contributed by atoms with Gasteiger partial charge in [0.15, 0.2) is 0 Å². The summed E-state index contributed by atoms with van der Waals surface area (Å²) in [5.74, 6) is 0.791. The summed E-state index contributed by atoms with van der Waals surface area (Å²) in [5.41, 5.74) is 2.63. The molecule has 1 fully saturated rings. The molecule has 84 valence electrons. The van der Waals surface area contributed by atoms with E-state index in [0.29, 0.717) is 11.2 Å². The Morgan fingerprint density at radius 1 is 1.38 bits per heavy atom. The molecule has 1 aromatic heterocycles. The predicted molar refractivity (Wildman–Crippen MR) is 66.4 cm³/mol. The minimum absolute atomic E-state index is 0.539. The molecule has 1 aliphatic heterocycles. The molecule has 0 radical (unpaired) electrons. The average Bonchev–Trinajstić information content (AvgIpc) is 2.74. The van der Waals surface area contributed by atoms with E-state index in [4.69, 9.17) is 11.6 Å². The first-order valence-electron chi connectivity index (χ1n) is 5.90. The topological polar surface area (TPSA) is 24.9 Å². The van der Waals surface area contributed by atoms with Gasteiger partial charge in [-0.25, -0.2) is 4.98 Å². The Bertz CT molecular complexity index is 410. The van der Waals surface area contributed by atoms with Gasteiger partial charge in [0.2, 0.25) is 0 Å². The third-order valence-electron chi connectivity index (χ3n) is 3.62. The van der Waals surface area contributed by atoms with Gasteiger partial charge in [0.25, 0.3) is 0 Å². The van der Waals surface area contributed by atoms with E-state index in [1.165, 1.54) is 30.4 Å². The van der Waals surface area contributed by atoms with Gasteiger partial charge in [0, 0.05) is 12.2 Å². The van der Waals surface area contributed by atoms with Crippen LogP contribution in [0.5, 0.6) is 0 Å². The molecule has 1 aliphatic carbocycles. The lowest BCUT2D eigenvalue weighted by atomic mass is 9.89. The number of piperidine rings is 1. The molecule has 16 heavy (non-hydrogen) atoms. The molecule has 3 rings (SSSR count). The Kier molecular flexibility index (Phi) is 2.70. The normalized spacial score (nSPS) is 28.7. The Labute approximate surface area is 101 Å². The second-order valence-electron chi connectivity index (χ2n) is 4.60. The zero-order valence-electron chi connectivity index (χ0n) is 9.12. The van der Waals surface area contributed by atoms with Crippen LogP contribution in [0, 0.1) is 5.92 Å². The van der Waals surface area contributed by atoms with Crippen LogP contribution in [-0.4, -0.2) is 17.6 Å². The van der Waals surface area contributed by atoms with Gasteiger partial charge in [-0.1, -0.05) is 23.7 Å². The molecule has 3 heteroatoms. The van der Waals surface area contributed by atoms with Crippen LogP contribution in [0.3, 0.4) is 0 Å². The molecule has 0 aromatic carbocycles. The fraction of sp³-hybridized carbons (Fsp3) is 0.462. The number of halogens is 1. The highest BCUT2D eigenvalue weighted by Gasteiger charge is 2.32. The van der Waals surface area contributed by atoms with Crippen LogP contribution < -0.4 is 5.32 Å². The maximum atomic E-state index is 5.81. The number of rotatable bonds is 1. The number of hydrogen-bond donors (Lipinski definition) is 1. The van der Waals surface area contributed by atoms with Crippen LogP contribution >= 0.6 is 11.6 Å². The third-order valence-corrected chi connectivity index (χ3v) is 3.85. The largest absolute Gasteiger partial charge is 0.310 e. The maximum Gasteiger partial charge on any atom is 0.129 e. The molecule has 0 bridgehead atoms. The van der Waals surface area contributed by atoms with E-state index in [1.807, 2.05) is 12.3 Å². The van der Waals surface area contributed by atoms with Crippen LogP contribution in [0.15, 0.2) is 24.4 Å².